The van der Waals surface area contributed by atoms with E-state index in [2.05, 4.69) is 32.9 Å². The molecule has 0 bridgehead atoms. The maximum atomic E-state index is 5.62. The Morgan fingerprint density at radius 2 is 1.60 bits per heavy atom. The van der Waals surface area contributed by atoms with Gasteiger partial charge in [-0.05, 0) is 30.5 Å². The standard InChI is InChI=1S/C13H20O2/c1-10(2)13(3,15-5)11-6-8-12(14-4)9-7-11/h6-10H,1-5H3. The number of ether oxygens (including phenoxy) is 2. The van der Waals surface area contributed by atoms with Crippen molar-refractivity contribution in [3.05, 3.63) is 29.8 Å². The Bertz CT molecular complexity index is 303. The first-order valence-electron chi connectivity index (χ1n) is 5.24. The zero-order valence-electron chi connectivity index (χ0n) is 10.2. The van der Waals surface area contributed by atoms with Gasteiger partial charge in [0.25, 0.3) is 0 Å². The minimum Gasteiger partial charge on any atom is -0.497 e. The molecule has 0 fully saturated rings. The summed E-state index contributed by atoms with van der Waals surface area (Å²) in [6, 6.07) is 8.05. The second-order valence-corrected chi connectivity index (χ2v) is 4.19. The average molecular weight is 208 g/mol. The van der Waals surface area contributed by atoms with Crippen LogP contribution in [-0.4, -0.2) is 14.2 Å². The van der Waals surface area contributed by atoms with Crippen LogP contribution < -0.4 is 4.74 Å². The zero-order valence-corrected chi connectivity index (χ0v) is 10.2. The van der Waals surface area contributed by atoms with Crippen molar-refractivity contribution in [2.45, 2.75) is 26.4 Å². The molecule has 1 rings (SSSR count). The summed E-state index contributed by atoms with van der Waals surface area (Å²) in [6.07, 6.45) is 0. The van der Waals surface area contributed by atoms with Crippen LogP contribution in [0.2, 0.25) is 0 Å². The van der Waals surface area contributed by atoms with E-state index in [1.54, 1.807) is 14.2 Å². The summed E-state index contributed by atoms with van der Waals surface area (Å²) in [5.74, 6) is 1.30. The van der Waals surface area contributed by atoms with Gasteiger partial charge < -0.3 is 9.47 Å². The molecule has 0 amide bonds. The van der Waals surface area contributed by atoms with Gasteiger partial charge in [-0.3, -0.25) is 0 Å². The molecular formula is C13H20O2. The van der Waals surface area contributed by atoms with Gasteiger partial charge in [-0.25, -0.2) is 0 Å². The summed E-state index contributed by atoms with van der Waals surface area (Å²) in [5.41, 5.74) is 0.951. The van der Waals surface area contributed by atoms with Crippen molar-refractivity contribution in [1.29, 1.82) is 0 Å². The first-order valence-corrected chi connectivity index (χ1v) is 5.24. The Kier molecular flexibility index (Phi) is 3.75. The normalized spacial score (nSPS) is 15.1. The summed E-state index contributed by atoms with van der Waals surface area (Å²) in [4.78, 5) is 0. The summed E-state index contributed by atoms with van der Waals surface area (Å²) in [7, 11) is 3.43. The van der Waals surface area contributed by atoms with Crippen LogP contribution in [0.3, 0.4) is 0 Å². The van der Waals surface area contributed by atoms with Crippen LogP contribution in [0.4, 0.5) is 0 Å². The minimum absolute atomic E-state index is 0.230. The molecule has 84 valence electrons. The van der Waals surface area contributed by atoms with Gasteiger partial charge >= 0.3 is 0 Å². The van der Waals surface area contributed by atoms with Crippen molar-refractivity contribution >= 4 is 0 Å². The summed E-state index contributed by atoms with van der Waals surface area (Å²) >= 11 is 0. The fourth-order valence-corrected chi connectivity index (χ4v) is 1.61. The van der Waals surface area contributed by atoms with E-state index in [-0.39, 0.29) is 5.60 Å². The Labute approximate surface area is 92.2 Å². The van der Waals surface area contributed by atoms with E-state index in [1.807, 2.05) is 12.1 Å². The topological polar surface area (TPSA) is 18.5 Å². The molecule has 0 saturated carbocycles. The predicted molar refractivity (Wildman–Crippen MR) is 62.2 cm³/mol. The third kappa shape index (κ3) is 2.32. The lowest BCUT2D eigenvalue weighted by atomic mass is 9.85. The molecule has 2 nitrogen and oxygen atoms in total. The van der Waals surface area contributed by atoms with E-state index < -0.39 is 0 Å². The second kappa shape index (κ2) is 4.67. The van der Waals surface area contributed by atoms with Crippen molar-refractivity contribution in [3.8, 4) is 5.75 Å². The van der Waals surface area contributed by atoms with E-state index in [4.69, 9.17) is 9.47 Å². The van der Waals surface area contributed by atoms with E-state index in [9.17, 15) is 0 Å². The summed E-state index contributed by atoms with van der Waals surface area (Å²) in [5, 5.41) is 0. The van der Waals surface area contributed by atoms with Crippen molar-refractivity contribution in [3.63, 3.8) is 0 Å². The highest BCUT2D eigenvalue weighted by molar-refractivity contribution is 5.31. The van der Waals surface area contributed by atoms with Gasteiger partial charge in [-0.2, -0.15) is 0 Å². The lowest BCUT2D eigenvalue weighted by molar-refractivity contribution is -0.0373. The molecule has 0 saturated heterocycles. The Hall–Kier alpha value is -1.02. The lowest BCUT2D eigenvalue weighted by Crippen LogP contribution is -2.30. The van der Waals surface area contributed by atoms with E-state index in [1.165, 1.54) is 5.56 Å². The first kappa shape index (κ1) is 12.1. The predicted octanol–water partition coefficient (Wildman–Crippen LogP) is 3.21. The molecule has 2 heteroatoms. The van der Waals surface area contributed by atoms with Crippen molar-refractivity contribution < 1.29 is 9.47 Å². The van der Waals surface area contributed by atoms with Crippen molar-refractivity contribution in [2.24, 2.45) is 5.92 Å². The van der Waals surface area contributed by atoms with E-state index in [0.29, 0.717) is 5.92 Å². The maximum absolute atomic E-state index is 5.62. The number of benzene rings is 1. The van der Waals surface area contributed by atoms with Crippen molar-refractivity contribution in [1.82, 2.24) is 0 Å². The highest BCUT2D eigenvalue weighted by atomic mass is 16.5. The van der Waals surface area contributed by atoms with Crippen LogP contribution >= 0.6 is 0 Å². The quantitative estimate of drug-likeness (QED) is 0.756. The van der Waals surface area contributed by atoms with E-state index in [0.717, 1.165) is 5.75 Å². The molecule has 1 atom stereocenters. The van der Waals surface area contributed by atoms with Gasteiger partial charge in [0.2, 0.25) is 0 Å². The molecule has 0 radical (unpaired) electrons. The van der Waals surface area contributed by atoms with Crippen LogP contribution in [0, 0.1) is 5.92 Å². The van der Waals surface area contributed by atoms with Gasteiger partial charge in [0.1, 0.15) is 5.75 Å². The highest BCUT2D eigenvalue weighted by Crippen LogP contribution is 2.33. The van der Waals surface area contributed by atoms with Gasteiger partial charge in [-0.15, -0.1) is 0 Å². The van der Waals surface area contributed by atoms with Crippen molar-refractivity contribution in [2.75, 3.05) is 14.2 Å². The largest absolute Gasteiger partial charge is 0.497 e. The van der Waals surface area contributed by atoms with Gasteiger partial charge in [0, 0.05) is 7.11 Å². The lowest BCUT2D eigenvalue weighted by Gasteiger charge is -2.33. The maximum Gasteiger partial charge on any atom is 0.118 e. The van der Waals surface area contributed by atoms with Gasteiger partial charge in [0.15, 0.2) is 0 Å². The van der Waals surface area contributed by atoms with Crippen LogP contribution in [0.15, 0.2) is 24.3 Å². The molecule has 1 unspecified atom stereocenters. The third-order valence-corrected chi connectivity index (χ3v) is 3.19. The van der Waals surface area contributed by atoms with Crippen LogP contribution in [0.5, 0.6) is 5.75 Å². The Morgan fingerprint density at radius 3 is 1.93 bits per heavy atom. The monoisotopic (exact) mass is 208 g/mol. The number of hydrogen-bond donors (Lipinski definition) is 0. The SMILES string of the molecule is COc1ccc(C(C)(OC)C(C)C)cc1. The fourth-order valence-electron chi connectivity index (χ4n) is 1.61. The molecule has 0 aromatic heterocycles. The second-order valence-electron chi connectivity index (χ2n) is 4.19. The van der Waals surface area contributed by atoms with Crippen LogP contribution in [0.1, 0.15) is 26.3 Å². The number of hydrogen-bond acceptors (Lipinski definition) is 2. The van der Waals surface area contributed by atoms with Crippen LogP contribution in [0.25, 0.3) is 0 Å². The molecule has 0 aliphatic heterocycles. The zero-order chi connectivity index (χ0) is 11.5. The molecule has 1 aromatic rings. The van der Waals surface area contributed by atoms with Gasteiger partial charge in [-0.1, -0.05) is 26.0 Å². The average Bonchev–Trinajstić information content (AvgIpc) is 2.28. The smallest absolute Gasteiger partial charge is 0.118 e. The Balaban J connectivity index is 3.03. The molecule has 1 aromatic carbocycles. The number of methoxy groups -OCH3 is 2. The minimum atomic E-state index is -0.230. The van der Waals surface area contributed by atoms with Gasteiger partial charge in [0.05, 0.1) is 12.7 Å². The summed E-state index contributed by atoms with van der Waals surface area (Å²) in [6.45, 7) is 6.43. The number of rotatable bonds is 4. The Morgan fingerprint density at radius 1 is 1.07 bits per heavy atom. The van der Waals surface area contributed by atoms with Crippen LogP contribution in [-0.2, 0) is 10.3 Å². The molecule has 0 aliphatic carbocycles. The molecule has 0 aliphatic rings. The third-order valence-electron chi connectivity index (χ3n) is 3.19. The molecule has 0 heterocycles. The molecular weight excluding hydrogens is 188 g/mol. The molecule has 0 spiro atoms. The molecule has 15 heavy (non-hydrogen) atoms. The summed E-state index contributed by atoms with van der Waals surface area (Å²) < 4.78 is 10.8. The highest BCUT2D eigenvalue weighted by Gasteiger charge is 2.29. The molecule has 0 N–H and O–H groups in total. The fraction of sp³-hybridized carbons (Fsp3) is 0.538. The first-order chi connectivity index (χ1) is 7.04. The van der Waals surface area contributed by atoms with E-state index >= 15 is 0 Å².